The first-order valence-corrected chi connectivity index (χ1v) is 5.56. The maximum atomic E-state index is 11.7. The normalized spacial score (nSPS) is 19.0. The summed E-state index contributed by atoms with van der Waals surface area (Å²) in [6.45, 7) is 2.60. The molecule has 4 heteroatoms. The lowest BCUT2D eigenvalue weighted by atomic mass is 10.1. The molecule has 0 unspecified atom stereocenters. The second-order valence-corrected chi connectivity index (χ2v) is 4.02. The van der Waals surface area contributed by atoms with Crippen molar-refractivity contribution in [3.8, 4) is 0 Å². The number of carbonyl (C=O) groups is 2. The van der Waals surface area contributed by atoms with Gasteiger partial charge in [0.05, 0.1) is 18.8 Å². The van der Waals surface area contributed by atoms with Crippen LogP contribution in [0.1, 0.15) is 34.1 Å². The molecule has 17 heavy (non-hydrogen) atoms. The fourth-order valence-corrected chi connectivity index (χ4v) is 1.67. The number of carbonyl (C=O) groups excluding carboxylic acids is 2. The van der Waals surface area contributed by atoms with Crippen LogP contribution in [-0.4, -0.2) is 31.1 Å². The Hall–Kier alpha value is -1.68. The number of ether oxygens (including phenoxy) is 2. The topological polar surface area (TPSA) is 52.6 Å². The van der Waals surface area contributed by atoms with Crippen LogP contribution < -0.4 is 0 Å². The van der Waals surface area contributed by atoms with E-state index in [-0.39, 0.29) is 17.9 Å². The first kappa shape index (κ1) is 11.8. The van der Waals surface area contributed by atoms with E-state index in [2.05, 4.69) is 0 Å². The van der Waals surface area contributed by atoms with Crippen LogP contribution in [0.2, 0.25) is 0 Å². The summed E-state index contributed by atoms with van der Waals surface area (Å²) >= 11 is 0. The largest absolute Gasteiger partial charge is 0.456 e. The highest BCUT2D eigenvalue weighted by atomic mass is 16.6. The molecule has 0 saturated carbocycles. The molecule has 0 aromatic heterocycles. The third-order valence-electron chi connectivity index (χ3n) is 2.69. The van der Waals surface area contributed by atoms with Gasteiger partial charge in [-0.3, -0.25) is 4.79 Å². The number of benzene rings is 1. The Balaban J connectivity index is 2.01. The molecule has 0 amide bonds. The van der Waals surface area contributed by atoms with Gasteiger partial charge < -0.3 is 9.47 Å². The molecular formula is C13H14O4. The molecule has 1 aromatic carbocycles. The summed E-state index contributed by atoms with van der Waals surface area (Å²) in [6.07, 6.45) is 0.604. The van der Waals surface area contributed by atoms with Crippen molar-refractivity contribution in [3.63, 3.8) is 0 Å². The predicted molar refractivity (Wildman–Crippen MR) is 61.1 cm³/mol. The Morgan fingerprint density at radius 2 is 1.88 bits per heavy atom. The van der Waals surface area contributed by atoms with Crippen molar-refractivity contribution < 1.29 is 19.1 Å². The summed E-state index contributed by atoms with van der Waals surface area (Å²) < 4.78 is 10.4. The Labute approximate surface area is 99.5 Å². The quantitative estimate of drug-likeness (QED) is 0.591. The van der Waals surface area contributed by atoms with Crippen molar-refractivity contribution in [1.82, 2.24) is 0 Å². The van der Waals surface area contributed by atoms with Gasteiger partial charge in [-0.2, -0.15) is 0 Å². The summed E-state index contributed by atoms with van der Waals surface area (Å²) in [7, 11) is 0. The first-order chi connectivity index (χ1) is 8.16. The van der Waals surface area contributed by atoms with Gasteiger partial charge >= 0.3 is 5.97 Å². The van der Waals surface area contributed by atoms with E-state index in [0.29, 0.717) is 24.3 Å². The van der Waals surface area contributed by atoms with E-state index in [1.54, 1.807) is 24.3 Å². The zero-order chi connectivity index (χ0) is 12.3. The Bertz CT molecular complexity index is 416. The van der Waals surface area contributed by atoms with Crippen molar-refractivity contribution in [2.75, 3.05) is 13.2 Å². The van der Waals surface area contributed by atoms with Gasteiger partial charge in [-0.15, -0.1) is 0 Å². The molecule has 2 rings (SSSR count). The van der Waals surface area contributed by atoms with E-state index >= 15 is 0 Å². The van der Waals surface area contributed by atoms with Crippen LogP contribution >= 0.6 is 0 Å². The number of hydrogen-bond donors (Lipinski definition) is 0. The number of ketones is 1. The fourth-order valence-electron chi connectivity index (χ4n) is 1.67. The lowest BCUT2D eigenvalue weighted by Gasteiger charge is -2.09. The monoisotopic (exact) mass is 234 g/mol. The molecule has 0 aliphatic carbocycles. The van der Waals surface area contributed by atoms with Crippen molar-refractivity contribution in [3.05, 3.63) is 35.4 Å². The molecule has 90 valence electrons. The maximum Gasteiger partial charge on any atom is 0.338 e. The van der Waals surface area contributed by atoms with E-state index in [4.69, 9.17) is 9.47 Å². The molecule has 4 nitrogen and oxygen atoms in total. The van der Waals surface area contributed by atoms with Gasteiger partial charge in [0.1, 0.15) is 6.10 Å². The summed E-state index contributed by atoms with van der Waals surface area (Å²) in [5.41, 5.74) is 1.05. The summed E-state index contributed by atoms with van der Waals surface area (Å²) in [4.78, 5) is 22.8. The van der Waals surface area contributed by atoms with E-state index in [1.165, 1.54) is 6.92 Å². The van der Waals surface area contributed by atoms with Crippen LogP contribution in [0.5, 0.6) is 0 Å². The van der Waals surface area contributed by atoms with Crippen LogP contribution in [0, 0.1) is 0 Å². The standard InChI is InChI=1S/C13H14O4/c1-9(14)10-2-4-11(5-3-10)13(15)17-12-6-7-16-8-12/h2-5,12H,6-8H2,1H3/t12-/m1/s1. The second-order valence-electron chi connectivity index (χ2n) is 4.02. The van der Waals surface area contributed by atoms with Gasteiger partial charge in [0.15, 0.2) is 5.78 Å². The van der Waals surface area contributed by atoms with Gasteiger partial charge in [0.2, 0.25) is 0 Å². The number of rotatable bonds is 3. The molecule has 0 spiro atoms. The molecule has 1 aliphatic rings. The highest BCUT2D eigenvalue weighted by Crippen LogP contribution is 2.12. The zero-order valence-electron chi connectivity index (χ0n) is 9.64. The highest BCUT2D eigenvalue weighted by molar-refractivity contribution is 5.96. The van der Waals surface area contributed by atoms with Crippen LogP contribution in [0.25, 0.3) is 0 Å². The van der Waals surface area contributed by atoms with Crippen LogP contribution in [0.15, 0.2) is 24.3 Å². The zero-order valence-corrected chi connectivity index (χ0v) is 9.64. The highest BCUT2D eigenvalue weighted by Gasteiger charge is 2.20. The van der Waals surface area contributed by atoms with E-state index in [1.807, 2.05) is 0 Å². The van der Waals surface area contributed by atoms with E-state index in [0.717, 1.165) is 6.42 Å². The average Bonchev–Trinajstić information content (AvgIpc) is 2.82. The lowest BCUT2D eigenvalue weighted by molar-refractivity contribution is 0.0270. The van der Waals surface area contributed by atoms with Crippen LogP contribution in [-0.2, 0) is 9.47 Å². The average molecular weight is 234 g/mol. The number of Topliss-reactive ketones (excluding diaryl/α,β-unsaturated/α-hetero) is 1. The minimum atomic E-state index is -0.365. The lowest BCUT2D eigenvalue weighted by Crippen LogP contribution is -2.18. The van der Waals surface area contributed by atoms with Crippen LogP contribution in [0.4, 0.5) is 0 Å². The second kappa shape index (κ2) is 5.10. The first-order valence-electron chi connectivity index (χ1n) is 5.56. The van der Waals surface area contributed by atoms with Crippen molar-refractivity contribution in [2.24, 2.45) is 0 Å². The Morgan fingerprint density at radius 3 is 2.41 bits per heavy atom. The van der Waals surface area contributed by atoms with Gasteiger partial charge in [-0.1, -0.05) is 12.1 Å². The predicted octanol–water partition coefficient (Wildman–Crippen LogP) is 1.83. The molecule has 1 heterocycles. The Kier molecular flexibility index (Phi) is 3.54. The van der Waals surface area contributed by atoms with Gasteiger partial charge in [0, 0.05) is 12.0 Å². The third kappa shape index (κ3) is 2.91. The van der Waals surface area contributed by atoms with Gasteiger partial charge in [-0.05, 0) is 19.1 Å². The van der Waals surface area contributed by atoms with Crippen LogP contribution in [0.3, 0.4) is 0 Å². The summed E-state index contributed by atoms with van der Waals surface area (Å²) in [5, 5.41) is 0. The molecule has 0 N–H and O–H groups in total. The fraction of sp³-hybridized carbons (Fsp3) is 0.385. The van der Waals surface area contributed by atoms with Gasteiger partial charge in [0.25, 0.3) is 0 Å². The number of esters is 1. The summed E-state index contributed by atoms with van der Waals surface area (Å²) in [6, 6.07) is 6.47. The van der Waals surface area contributed by atoms with Crippen molar-refractivity contribution >= 4 is 11.8 Å². The van der Waals surface area contributed by atoms with E-state index < -0.39 is 0 Å². The van der Waals surface area contributed by atoms with Crippen molar-refractivity contribution in [2.45, 2.75) is 19.4 Å². The Morgan fingerprint density at radius 1 is 1.24 bits per heavy atom. The molecule has 1 saturated heterocycles. The number of hydrogen-bond acceptors (Lipinski definition) is 4. The molecule has 0 bridgehead atoms. The molecular weight excluding hydrogens is 220 g/mol. The molecule has 1 aromatic rings. The van der Waals surface area contributed by atoms with E-state index in [9.17, 15) is 9.59 Å². The molecule has 1 fully saturated rings. The summed E-state index contributed by atoms with van der Waals surface area (Å²) in [5.74, 6) is -0.385. The molecule has 0 radical (unpaired) electrons. The smallest absolute Gasteiger partial charge is 0.338 e. The third-order valence-corrected chi connectivity index (χ3v) is 2.69. The minimum absolute atomic E-state index is 0.0193. The maximum absolute atomic E-state index is 11.7. The van der Waals surface area contributed by atoms with Crippen molar-refractivity contribution in [1.29, 1.82) is 0 Å². The SMILES string of the molecule is CC(=O)c1ccc(C(=O)O[C@@H]2CCOC2)cc1. The molecule has 1 aliphatic heterocycles. The van der Waals surface area contributed by atoms with Gasteiger partial charge in [-0.25, -0.2) is 4.79 Å². The minimum Gasteiger partial charge on any atom is -0.456 e. The molecule has 1 atom stereocenters.